The summed E-state index contributed by atoms with van der Waals surface area (Å²) >= 11 is 0. The molecular weight excluding hydrogens is 226 g/mol. The van der Waals surface area contributed by atoms with Crippen molar-refractivity contribution in [2.45, 2.75) is 76.2 Å². The fourth-order valence-corrected chi connectivity index (χ4v) is 2.57. The quantitative estimate of drug-likeness (QED) is 0.544. The summed E-state index contributed by atoms with van der Waals surface area (Å²) in [5, 5.41) is 16.8. The minimum absolute atomic E-state index is 0.426. The van der Waals surface area contributed by atoms with Gasteiger partial charge in [-0.2, -0.15) is 10.4 Å². The number of nitriles is 1. The maximum atomic E-state index is 10.3. The molecule has 4 heteroatoms. The molecular formula is C14H23N3O. The number of amides is 1. The monoisotopic (exact) mass is 249 g/mol. The summed E-state index contributed by atoms with van der Waals surface area (Å²) in [4.78, 5) is 10.3. The Morgan fingerprint density at radius 1 is 0.889 bits per heavy atom. The van der Waals surface area contributed by atoms with Crippen LogP contribution in [0.1, 0.15) is 70.6 Å². The number of hydrogen-bond acceptors (Lipinski definition) is 3. The molecule has 1 aliphatic carbocycles. The summed E-state index contributed by atoms with van der Waals surface area (Å²) in [6, 6.07) is 2.28. The molecule has 0 N–H and O–H groups in total. The molecule has 4 nitrogen and oxygen atoms in total. The van der Waals surface area contributed by atoms with Gasteiger partial charge < -0.3 is 0 Å². The van der Waals surface area contributed by atoms with Crippen molar-refractivity contribution in [1.82, 2.24) is 0 Å². The molecule has 0 unspecified atom stereocenters. The molecule has 0 aromatic carbocycles. The highest BCUT2D eigenvalue weighted by Gasteiger charge is 2.29. The molecule has 0 bridgehead atoms. The molecule has 0 saturated heterocycles. The van der Waals surface area contributed by atoms with E-state index in [1.807, 2.05) is 0 Å². The van der Waals surface area contributed by atoms with E-state index < -0.39 is 5.54 Å². The number of rotatable bonds is 2. The zero-order valence-electron chi connectivity index (χ0n) is 11.1. The predicted molar refractivity (Wildman–Crippen MR) is 70.1 cm³/mol. The highest BCUT2D eigenvalue weighted by molar-refractivity contribution is 5.46. The van der Waals surface area contributed by atoms with Crippen molar-refractivity contribution in [3.8, 4) is 6.07 Å². The van der Waals surface area contributed by atoms with Crippen LogP contribution in [0.3, 0.4) is 0 Å². The standard InChI is InChI=1S/C14H23N3O/c15-12-14(17-16-13-18)10-8-6-4-2-1-3-5-7-9-11-14/h13H,1-11H2/b17-16+. The highest BCUT2D eigenvalue weighted by Crippen LogP contribution is 2.28. The number of hydrogen-bond donors (Lipinski definition) is 0. The molecule has 0 atom stereocenters. The Morgan fingerprint density at radius 2 is 1.33 bits per heavy atom. The zero-order chi connectivity index (χ0) is 13.1. The Bertz CT molecular complexity index is 295. The molecule has 0 radical (unpaired) electrons. The van der Waals surface area contributed by atoms with E-state index in [2.05, 4.69) is 16.3 Å². The van der Waals surface area contributed by atoms with Crippen molar-refractivity contribution in [3.05, 3.63) is 0 Å². The summed E-state index contributed by atoms with van der Waals surface area (Å²) in [5.41, 5.74) is -0.750. The van der Waals surface area contributed by atoms with Gasteiger partial charge in [0.05, 0.1) is 6.07 Å². The van der Waals surface area contributed by atoms with Crippen LogP contribution in [0.2, 0.25) is 0 Å². The lowest BCUT2D eigenvalue weighted by atomic mass is 9.87. The van der Waals surface area contributed by atoms with Gasteiger partial charge in [-0.25, -0.2) is 0 Å². The summed E-state index contributed by atoms with van der Waals surface area (Å²) in [6.45, 7) is 0. The Hall–Kier alpha value is -1.24. The van der Waals surface area contributed by atoms with Gasteiger partial charge in [0, 0.05) is 0 Å². The summed E-state index contributed by atoms with van der Waals surface area (Å²) in [6.07, 6.45) is 12.6. The van der Waals surface area contributed by atoms with Crippen LogP contribution in [-0.2, 0) is 4.79 Å². The van der Waals surface area contributed by atoms with Crippen molar-refractivity contribution >= 4 is 6.41 Å². The van der Waals surface area contributed by atoms with Gasteiger partial charge in [-0.3, -0.25) is 4.79 Å². The highest BCUT2D eigenvalue weighted by atomic mass is 16.1. The van der Waals surface area contributed by atoms with E-state index in [4.69, 9.17) is 0 Å². The lowest BCUT2D eigenvalue weighted by Gasteiger charge is -2.21. The lowest BCUT2D eigenvalue weighted by molar-refractivity contribution is -0.107. The maximum Gasteiger partial charge on any atom is 0.252 e. The van der Waals surface area contributed by atoms with E-state index in [-0.39, 0.29) is 0 Å². The molecule has 18 heavy (non-hydrogen) atoms. The van der Waals surface area contributed by atoms with E-state index >= 15 is 0 Å². The van der Waals surface area contributed by atoms with Gasteiger partial charge in [0.15, 0.2) is 5.54 Å². The fraction of sp³-hybridized carbons (Fsp3) is 0.857. The molecule has 1 saturated carbocycles. The molecule has 0 aromatic heterocycles. The lowest BCUT2D eigenvalue weighted by Crippen LogP contribution is -2.24. The van der Waals surface area contributed by atoms with Crippen LogP contribution in [-0.4, -0.2) is 11.9 Å². The second kappa shape index (κ2) is 8.79. The summed E-state index contributed by atoms with van der Waals surface area (Å²) in [5.74, 6) is 0. The molecule has 0 aromatic rings. The first kappa shape index (κ1) is 14.8. The van der Waals surface area contributed by atoms with Crippen LogP contribution >= 0.6 is 0 Å². The van der Waals surface area contributed by atoms with E-state index in [0.29, 0.717) is 6.41 Å². The predicted octanol–water partition coefficient (Wildman–Crippen LogP) is 4.16. The van der Waals surface area contributed by atoms with Gasteiger partial charge >= 0.3 is 0 Å². The van der Waals surface area contributed by atoms with Gasteiger partial charge in [0.2, 0.25) is 0 Å². The first-order valence-electron chi connectivity index (χ1n) is 7.10. The van der Waals surface area contributed by atoms with Crippen LogP contribution in [0.25, 0.3) is 0 Å². The van der Waals surface area contributed by atoms with Crippen molar-refractivity contribution in [2.24, 2.45) is 10.2 Å². The minimum atomic E-state index is -0.750. The smallest absolute Gasteiger partial charge is 0.252 e. The summed E-state index contributed by atoms with van der Waals surface area (Å²) < 4.78 is 0. The van der Waals surface area contributed by atoms with E-state index in [0.717, 1.165) is 38.5 Å². The van der Waals surface area contributed by atoms with Crippen LogP contribution in [0.4, 0.5) is 0 Å². The molecule has 1 fully saturated rings. The Morgan fingerprint density at radius 3 is 1.72 bits per heavy atom. The molecule has 0 aliphatic heterocycles. The number of azo groups is 1. The Labute approximate surface area is 109 Å². The van der Waals surface area contributed by atoms with Crippen molar-refractivity contribution in [2.75, 3.05) is 0 Å². The average molecular weight is 249 g/mol. The van der Waals surface area contributed by atoms with Crippen molar-refractivity contribution < 1.29 is 4.79 Å². The molecule has 0 spiro atoms. The zero-order valence-corrected chi connectivity index (χ0v) is 11.1. The second-order valence-electron chi connectivity index (χ2n) is 5.15. The minimum Gasteiger partial charge on any atom is -0.275 e. The Balaban J connectivity index is 2.61. The Kier molecular flexibility index (Phi) is 7.24. The maximum absolute atomic E-state index is 10.3. The largest absolute Gasteiger partial charge is 0.275 e. The topological polar surface area (TPSA) is 65.6 Å². The number of nitrogens with zero attached hydrogens (tertiary/aromatic N) is 3. The second-order valence-corrected chi connectivity index (χ2v) is 5.15. The average Bonchev–Trinajstić information content (AvgIpc) is 2.39. The van der Waals surface area contributed by atoms with Gasteiger partial charge in [0.1, 0.15) is 0 Å². The van der Waals surface area contributed by atoms with Gasteiger partial charge in [-0.05, 0) is 25.7 Å². The fourth-order valence-electron chi connectivity index (χ4n) is 2.57. The number of carbonyl (C=O) groups excluding carboxylic acids is 1. The van der Waals surface area contributed by atoms with Crippen LogP contribution < -0.4 is 0 Å². The molecule has 0 heterocycles. The third kappa shape index (κ3) is 5.39. The van der Waals surface area contributed by atoms with Crippen molar-refractivity contribution in [3.63, 3.8) is 0 Å². The first-order valence-corrected chi connectivity index (χ1v) is 7.10. The normalized spacial score (nSPS) is 22.6. The van der Waals surface area contributed by atoms with Crippen molar-refractivity contribution in [1.29, 1.82) is 5.26 Å². The first-order chi connectivity index (χ1) is 8.83. The molecule has 1 rings (SSSR count). The van der Waals surface area contributed by atoms with E-state index in [1.165, 1.54) is 32.1 Å². The van der Waals surface area contributed by atoms with Crippen LogP contribution in [0.15, 0.2) is 10.2 Å². The van der Waals surface area contributed by atoms with Crippen LogP contribution in [0, 0.1) is 11.3 Å². The van der Waals surface area contributed by atoms with E-state index in [1.54, 1.807) is 0 Å². The number of carbonyl (C=O) groups is 1. The third-order valence-corrected chi connectivity index (χ3v) is 3.69. The molecule has 1 amide bonds. The van der Waals surface area contributed by atoms with Gasteiger partial charge in [0.25, 0.3) is 6.41 Å². The third-order valence-electron chi connectivity index (χ3n) is 3.69. The molecule has 1 aliphatic rings. The van der Waals surface area contributed by atoms with E-state index in [9.17, 15) is 10.1 Å². The van der Waals surface area contributed by atoms with Crippen LogP contribution in [0.5, 0.6) is 0 Å². The van der Waals surface area contributed by atoms with Gasteiger partial charge in [-0.15, -0.1) is 5.11 Å². The molecule has 100 valence electrons. The van der Waals surface area contributed by atoms with Gasteiger partial charge in [-0.1, -0.05) is 44.9 Å². The summed E-state index contributed by atoms with van der Waals surface area (Å²) in [7, 11) is 0. The SMILES string of the molecule is N#CC1(/N=N/C=O)CCCCCCCCCCC1.